The Morgan fingerprint density at radius 2 is 1.89 bits per heavy atom. The van der Waals surface area contributed by atoms with Gasteiger partial charge < -0.3 is 10.1 Å². The van der Waals surface area contributed by atoms with Crippen LogP contribution in [0.25, 0.3) is 11.0 Å². The lowest BCUT2D eigenvalue weighted by atomic mass is 10.0. The van der Waals surface area contributed by atoms with E-state index in [0.717, 1.165) is 49.1 Å². The molecule has 2 aromatic carbocycles. The number of hydrogen-bond acceptors (Lipinski definition) is 6. The van der Waals surface area contributed by atoms with E-state index in [4.69, 9.17) is 4.74 Å². The van der Waals surface area contributed by atoms with Crippen molar-refractivity contribution in [2.45, 2.75) is 13.0 Å². The average Bonchev–Trinajstić information content (AvgIpc) is 3.18. The molecular formula is C20H22N4O2S. The summed E-state index contributed by atoms with van der Waals surface area (Å²) in [5.41, 5.74) is 4.63. The third kappa shape index (κ3) is 4.16. The van der Waals surface area contributed by atoms with Crippen LogP contribution in [0.15, 0.2) is 42.5 Å². The number of aryl methyl sites for hydroxylation is 1. The Bertz CT molecular complexity index is 919. The zero-order valence-electron chi connectivity index (χ0n) is 15.2. The van der Waals surface area contributed by atoms with Gasteiger partial charge in [0.1, 0.15) is 11.0 Å². The third-order valence-corrected chi connectivity index (χ3v) is 5.48. The molecule has 4 rings (SSSR count). The molecule has 1 aromatic heterocycles. The standard InChI is InChI=1S/C20H22N4O2S/c1-14-2-4-15(5-3-14)19(24-8-10-26-11-9-24)13-21-20(25)16-6-7-17-18(12-16)23-27-22-17/h2-7,12,19H,8-11,13H2,1H3,(H,21,25)/t19-/m1/s1. The highest BCUT2D eigenvalue weighted by molar-refractivity contribution is 7.00. The summed E-state index contributed by atoms with van der Waals surface area (Å²) in [6.07, 6.45) is 0. The summed E-state index contributed by atoms with van der Waals surface area (Å²) in [7, 11) is 0. The van der Waals surface area contributed by atoms with Crippen LogP contribution in [0.3, 0.4) is 0 Å². The molecule has 3 aromatic rings. The third-order valence-electron chi connectivity index (χ3n) is 4.92. The van der Waals surface area contributed by atoms with Crippen LogP contribution in [-0.2, 0) is 4.74 Å². The summed E-state index contributed by atoms with van der Waals surface area (Å²) in [6, 6.07) is 14.1. The molecule has 27 heavy (non-hydrogen) atoms. The van der Waals surface area contributed by atoms with Gasteiger partial charge in [0.15, 0.2) is 0 Å². The maximum atomic E-state index is 12.7. The lowest BCUT2D eigenvalue weighted by Crippen LogP contribution is -2.43. The molecule has 1 N–H and O–H groups in total. The second-order valence-corrected chi connectivity index (χ2v) is 7.28. The van der Waals surface area contributed by atoms with E-state index < -0.39 is 0 Å². The molecule has 1 atom stereocenters. The molecule has 1 aliphatic heterocycles. The lowest BCUT2D eigenvalue weighted by molar-refractivity contribution is 0.0162. The monoisotopic (exact) mass is 382 g/mol. The van der Waals surface area contributed by atoms with E-state index in [1.165, 1.54) is 11.1 Å². The van der Waals surface area contributed by atoms with E-state index in [-0.39, 0.29) is 11.9 Å². The predicted octanol–water partition coefficient (Wildman–Crippen LogP) is 2.80. The number of carbonyl (C=O) groups excluding carboxylic acids is 1. The van der Waals surface area contributed by atoms with Crippen molar-refractivity contribution in [2.75, 3.05) is 32.8 Å². The number of ether oxygens (including phenoxy) is 1. The molecule has 1 aliphatic rings. The van der Waals surface area contributed by atoms with Gasteiger partial charge in [-0.25, -0.2) is 0 Å². The predicted molar refractivity (Wildman–Crippen MR) is 106 cm³/mol. The molecule has 7 heteroatoms. The Balaban J connectivity index is 1.50. The summed E-state index contributed by atoms with van der Waals surface area (Å²) in [5, 5.41) is 3.10. The summed E-state index contributed by atoms with van der Waals surface area (Å²) >= 11 is 1.16. The highest BCUT2D eigenvalue weighted by Gasteiger charge is 2.23. The van der Waals surface area contributed by atoms with E-state index in [2.05, 4.69) is 50.2 Å². The van der Waals surface area contributed by atoms with Crippen LogP contribution in [0.2, 0.25) is 0 Å². The number of aromatic nitrogens is 2. The normalized spacial score (nSPS) is 16.3. The molecular weight excluding hydrogens is 360 g/mol. The number of nitrogens with zero attached hydrogens (tertiary/aromatic N) is 3. The molecule has 0 radical (unpaired) electrons. The van der Waals surface area contributed by atoms with Crippen molar-refractivity contribution < 1.29 is 9.53 Å². The Labute approximate surface area is 162 Å². The van der Waals surface area contributed by atoms with Crippen molar-refractivity contribution in [1.29, 1.82) is 0 Å². The van der Waals surface area contributed by atoms with Crippen LogP contribution in [0.4, 0.5) is 0 Å². The first-order valence-corrected chi connectivity index (χ1v) is 9.82. The zero-order valence-corrected chi connectivity index (χ0v) is 16.0. The maximum Gasteiger partial charge on any atom is 0.251 e. The van der Waals surface area contributed by atoms with Crippen LogP contribution in [-0.4, -0.2) is 52.4 Å². The van der Waals surface area contributed by atoms with Crippen LogP contribution in [0, 0.1) is 6.92 Å². The van der Waals surface area contributed by atoms with Crippen molar-refractivity contribution in [3.05, 3.63) is 59.2 Å². The van der Waals surface area contributed by atoms with Gasteiger partial charge in [-0.1, -0.05) is 29.8 Å². The maximum absolute atomic E-state index is 12.7. The number of morpholine rings is 1. The van der Waals surface area contributed by atoms with Gasteiger partial charge in [-0.3, -0.25) is 9.69 Å². The fourth-order valence-electron chi connectivity index (χ4n) is 3.35. The summed E-state index contributed by atoms with van der Waals surface area (Å²) < 4.78 is 13.9. The van der Waals surface area contributed by atoms with Crippen molar-refractivity contribution in [1.82, 2.24) is 19.0 Å². The summed E-state index contributed by atoms with van der Waals surface area (Å²) in [5.74, 6) is -0.0877. The van der Waals surface area contributed by atoms with E-state index in [0.29, 0.717) is 12.1 Å². The van der Waals surface area contributed by atoms with Gasteiger partial charge >= 0.3 is 0 Å². The van der Waals surface area contributed by atoms with Gasteiger partial charge in [0.25, 0.3) is 5.91 Å². The van der Waals surface area contributed by atoms with E-state index >= 15 is 0 Å². The molecule has 1 fully saturated rings. The van der Waals surface area contributed by atoms with E-state index in [1.54, 1.807) is 12.1 Å². The molecule has 0 unspecified atom stereocenters. The fraction of sp³-hybridized carbons (Fsp3) is 0.350. The van der Waals surface area contributed by atoms with Crippen LogP contribution < -0.4 is 5.32 Å². The second kappa shape index (κ2) is 8.12. The van der Waals surface area contributed by atoms with Crippen LogP contribution in [0.5, 0.6) is 0 Å². The number of benzene rings is 2. The van der Waals surface area contributed by atoms with Gasteiger partial charge in [0.2, 0.25) is 0 Å². The number of nitrogens with one attached hydrogen (secondary N) is 1. The minimum atomic E-state index is -0.0877. The SMILES string of the molecule is Cc1ccc([C@@H](CNC(=O)c2ccc3nsnc3c2)N2CCOCC2)cc1. The fourth-order valence-corrected chi connectivity index (χ4v) is 3.87. The van der Waals surface area contributed by atoms with Gasteiger partial charge in [-0.05, 0) is 30.7 Å². The summed E-state index contributed by atoms with van der Waals surface area (Å²) in [6.45, 7) is 5.82. The molecule has 0 saturated carbocycles. The minimum absolute atomic E-state index is 0.0877. The average molecular weight is 382 g/mol. The number of fused-ring (bicyclic) bond motifs is 1. The number of rotatable bonds is 5. The Morgan fingerprint density at radius 1 is 1.15 bits per heavy atom. The molecule has 0 bridgehead atoms. The molecule has 1 saturated heterocycles. The Hall–Kier alpha value is -2.35. The van der Waals surface area contributed by atoms with Crippen LogP contribution in [0.1, 0.15) is 27.5 Å². The first-order chi connectivity index (χ1) is 13.2. The van der Waals surface area contributed by atoms with E-state index in [9.17, 15) is 4.79 Å². The van der Waals surface area contributed by atoms with E-state index in [1.807, 2.05) is 6.07 Å². The zero-order chi connectivity index (χ0) is 18.6. The summed E-state index contributed by atoms with van der Waals surface area (Å²) in [4.78, 5) is 15.1. The quantitative estimate of drug-likeness (QED) is 0.735. The minimum Gasteiger partial charge on any atom is -0.379 e. The molecule has 0 spiro atoms. The number of amides is 1. The van der Waals surface area contributed by atoms with Crippen molar-refractivity contribution in [3.8, 4) is 0 Å². The van der Waals surface area contributed by atoms with Gasteiger partial charge in [0, 0.05) is 25.2 Å². The second-order valence-electron chi connectivity index (χ2n) is 6.75. The lowest BCUT2D eigenvalue weighted by Gasteiger charge is -2.35. The van der Waals surface area contributed by atoms with Gasteiger partial charge in [0.05, 0.1) is 31.0 Å². The molecule has 140 valence electrons. The Morgan fingerprint density at radius 3 is 2.67 bits per heavy atom. The highest BCUT2D eigenvalue weighted by Crippen LogP contribution is 2.22. The largest absolute Gasteiger partial charge is 0.379 e. The van der Waals surface area contributed by atoms with Crippen LogP contribution >= 0.6 is 11.7 Å². The topological polar surface area (TPSA) is 67.4 Å². The Kier molecular flexibility index (Phi) is 5.42. The molecule has 2 heterocycles. The van der Waals surface area contributed by atoms with Crippen molar-refractivity contribution in [2.24, 2.45) is 0 Å². The first kappa shape index (κ1) is 18.0. The molecule has 0 aliphatic carbocycles. The van der Waals surface area contributed by atoms with Gasteiger partial charge in [-0.15, -0.1) is 0 Å². The van der Waals surface area contributed by atoms with Gasteiger partial charge in [-0.2, -0.15) is 8.75 Å². The van der Waals surface area contributed by atoms with Crippen molar-refractivity contribution in [3.63, 3.8) is 0 Å². The first-order valence-electron chi connectivity index (χ1n) is 9.09. The molecule has 1 amide bonds. The van der Waals surface area contributed by atoms with Crippen molar-refractivity contribution >= 4 is 28.7 Å². The number of hydrogen-bond donors (Lipinski definition) is 1. The smallest absolute Gasteiger partial charge is 0.251 e. The highest BCUT2D eigenvalue weighted by atomic mass is 32.1. The number of carbonyl (C=O) groups is 1. The molecule has 6 nitrogen and oxygen atoms in total.